The van der Waals surface area contributed by atoms with Crippen molar-refractivity contribution in [3.05, 3.63) is 29.8 Å². The Morgan fingerprint density at radius 1 is 1.37 bits per heavy atom. The van der Waals surface area contributed by atoms with Crippen LogP contribution in [0.15, 0.2) is 24.3 Å². The van der Waals surface area contributed by atoms with Crippen molar-refractivity contribution in [2.75, 3.05) is 18.4 Å². The van der Waals surface area contributed by atoms with Crippen LogP contribution in [0.4, 0.5) is 5.69 Å². The first-order chi connectivity index (χ1) is 8.98. The molecular formula is C13H21N3O2S. The minimum absolute atomic E-state index is 0.0913. The van der Waals surface area contributed by atoms with Gasteiger partial charge in [-0.1, -0.05) is 18.2 Å². The van der Waals surface area contributed by atoms with E-state index in [9.17, 15) is 8.42 Å². The monoisotopic (exact) mass is 283 g/mol. The van der Waals surface area contributed by atoms with Gasteiger partial charge in [-0.15, -0.1) is 0 Å². The second-order valence-corrected chi connectivity index (χ2v) is 6.66. The third-order valence-electron chi connectivity index (χ3n) is 3.12. The minimum Gasteiger partial charge on any atom is -0.384 e. The van der Waals surface area contributed by atoms with E-state index in [2.05, 4.69) is 26.9 Å². The molecule has 3 N–H and O–H groups in total. The van der Waals surface area contributed by atoms with Crippen LogP contribution in [-0.2, 0) is 10.2 Å². The maximum absolute atomic E-state index is 11.6. The molecule has 1 aliphatic heterocycles. The second kappa shape index (κ2) is 5.90. The first-order valence-electron chi connectivity index (χ1n) is 6.57. The van der Waals surface area contributed by atoms with Crippen LogP contribution in [0.1, 0.15) is 31.7 Å². The van der Waals surface area contributed by atoms with E-state index < -0.39 is 10.2 Å². The molecule has 2 rings (SSSR count). The Morgan fingerprint density at radius 2 is 2.11 bits per heavy atom. The average molecular weight is 283 g/mol. The number of rotatable bonds is 6. The van der Waals surface area contributed by atoms with Gasteiger partial charge in [-0.2, -0.15) is 13.1 Å². The van der Waals surface area contributed by atoms with Crippen molar-refractivity contribution in [3.8, 4) is 0 Å². The SMILES string of the molecule is CC(C)NS(=O)(=O)NCCC1CNc2ccccc21. The number of nitrogens with one attached hydrogen (secondary N) is 3. The van der Waals surface area contributed by atoms with Crippen molar-refractivity contribution in [2.45, 2.75) is 32.2 Å². The van der Waals surface area contributed by atoms with Gasteiger partial charge >= 0.3 is 0 Å². The highest BCUT2D eigenvalue weighted by Gasteiger charge is 2.21. The Balaban J connectivity index is 1.85. The topological polar surface area (TPSA) is 70.2 Å². The quantitative estimate of drug-likeness (QED) is 0.739. The lowest BCUT2D eigenvalue weighted by Gasteiger charge is -2.13. The fourth-order valence-electron chi connectivity index (χ4n) is 2.33. The van der Waals surface area contributed by atoms with E-state index >= 15 is 0 Å². The molecule has 1 unspecified atom stereocenters. The lowest BCUT2D eigenvalue weighted by atomic mass is 9.98. The molecule has 0 aliphatic carbocycles. The summed E-state index contributed by atoms with van der Waals surface area (Å²) in [6.07, 6.45) is 0.795. The number of hydrogen-bond acceptors (Lipinski definition) is 3. The standard InChI is InChI=1S/C13H21N3O2S/c1-10(2)16-19(17,18)15-8-7-11-9-14-13-6-4-3-5-12(11)13/h3-6,10-11,14-16H,7-9H2,1-2H3. The summed E-state index contributed by atoms with van der Waals surface area (Å²) in [5.74, 6) is 0.373. The summed E-state index contributed by atoms with van der Waals surface area (Å²) in [6.45, 7) is 4.92. The Kier molecular flexibility index (Phi) is 4.44. The molecule has 1 atom stereocenters. The van der Waals surface area contributed by atoms with Crippen molar-refractivity contribution in [1.29, 1.82) is 0 Å². The van der Waals surface area contributed by atoms with Crippen LogP contribution >= 0.6 is 0 Å². The Hall–Kier alpha value is -1.11. The molecule has 6 heteroatoms. The van der Waals surface area contributed by atoms with Crippen LogP contribution in [0.2, 0.25) is 0 Å². The van der Waals surface area contributed by atoms with Crippen LogP contribution in [0.3, 0.4) is 0 Å². The Labute approximate surface area is 115 Å². The Morgan fingerprint density at radius 3 is 2.84 bits per heavy atom. The van der Waals surface area contributed by atoms with Gasteiger partial charge in [0, 0.05) is 30.7 Å². The third kappa shape index (κ3) is 3.92. The summed E-state index contributed by atoms with van der Waals surface area (Å²) in [6, 6.07) is 8.08. The zero-order valence-corrected chi connectivity index (χ0v) is 12.1. The van der Waals surface area contributed by atoms with Gasteiger partial charge in [0.25, 0.3) is 10.2 Å². The normalized spacial score (nSPS) is 18.4. The fourth-order valence-corrected chi connectivity index (χ4v) is 3.42. The molecule has 0 amide bonds. The first-order valence-corrected chi connectivity index (χ1v) is 8.06. The van der Waals surface area contributed by atoms with Crippen LogP contribution in [0.25, 0.3) is 0 Å². The van der Waals surface area contributed by atoms with Gasteiger partial charge < -0.3 is 5.32 Å². The van der Waals surface area contributed by atoms with Gasteiger partial charge in [-0.3, -0.25) is 0 Å². The van der Waals surface area contributed by atoms with E-state index in [1.165, 1.54) is 5.56 Å². The number of fused-ring (bicyclic) bond motifs is 1. The average Bonchev–Trinajstić information content (AvgIpc) is 2.71. The van der Waals surface area contributed by atoms with Crippen molar-refractivity contribution >= 4 is 15.9 Å². The lowest BCUT2D eigenvalue weighted by Crippen LogP contribution is -2.40. The molecule has 0 spiro atoms. The molecule has 19 heavy (non-hydrogen) atoms. The maximum atomic E-state index is 11.6. The van der Waals surface area contributed by atoms with Gasteiger partial charge in [0.2, 0.25) is 0 Å². The molecule has 0 radical (unpaired) electrons. The van der Waals surface area contributed by atoms with Gasteiger partial charge in [0.15, 0.2) is 0 Å². The van der Waals surface area contributed by atoms with Crippen LogP contribution in [0, 0.1) is 0 Å². The smallest absolute Gasteiger partial charge is 0.277 e. The molecule has 5 nitrogen and oxygen atoms in total. The molecule has 106 valence electrons. The summed E-state index contributed by atoms with van der Waals surface area (Å²) in [5.41, 5.74) is 2.44. The largest absolute Gasteiger partial charge is 0.384 e. The molecule has 0 saturated heterocycles. The number of benzene rings is 1. The van der Waals surface area contributed by atoms with Crippen molar-refractivity contribution < 1.29 is 8.42 Å². The van der Waals surface area contributed by atoms with Crippen LogP contribution < -0.4 is 14.8 Å². The second-order valence-electron chi connectivity index (χ2n) is 5.12. The predicted octanol–water partition coefficient (Wildman–Crippen LogP) is 1.42. The molecular weight excluding hydrogens is 262 g/mol. The van der Waals surface area contributed by atoms with Crippen LogP contribution in [0.5, 0.6) is 0 Å². The summed E-state index contributed by atoms with van der Waals surface area (Å²) < 4.78 is 28.3. The van der Waals surface area contributed by atoms with Gasteiger partial charge in [-0.25, -0.2) is 4.72 Å². The van der Waals surface area contributed by atoms with E-state index in [1.54, 1.807) is 13.8 Å². The van der Waals surface area contributed by atoms with E-state index in [0.717, 1.165) is 18.7 Å². The Bertz CT molecular complexity index is 528. The van der Waals surface area contributed by atoms with Crippen molar-refractivity contribution in [1.82, 2.24) is 9.44 Å². The number of anilines is 1. The summed E-state index contributed by atoms with van der Waals surface area (Å²) >= 11 is 0. The van der Waals surface area contributed by atoms with E-state index in [-0.39, 0.29) is 6.04 Å². The van der Waals surface area contributed by atoms with E-state index in [0.29, 0.717) is 12.5 Å². The summed E-state index contributed by atoms with van der Waals surface area (Å²) in [7, 11) is -3.37. The highest BCUT2D eigenvalue weighted by Crippen LogP contribution is 2.32. The molecule has 0 aromatic heterocycles. The van der Waals surface area contributed by atoms with Gasteiger partial charge in [0.05, 0.1) is 0 Å². The highest BCUT2D eigenvalue weighted by atomic mass is 32.2. The highest BCUT2D eigenvalue weighted by molar-refractivity contribution is 7.87. The molecule has 0 saturated carbocycles. The summed E-state index contributed by atoms with van der Waals surface area (Å²) in [4.78, 5) is 0. The minimum atomic E-state index is -3.37. The van der Waals surface area contributed by atoms with Crippen LogP contribution in [-0.4, -0.2) is 27.5 Å². The molecule has 0 bridgehead atoms. The lowest BCUT2D eigenvalue weighted by molar-refractivity contribution is 0.548. The number of hydrogen-bond donors (Lipinski definition) is 3. The van der Waals surface area contributed by atoms with Gasteiger partial charge in [-0.05, 0) is 31.9 Å². The molecule has 1 heterocycles. The van der Waals surface area contributed by atoms with Crippen molar-refractivity contribution in [2.24, 2.45) is 0 Å². The van der Waals surface area contributed by atoms with E-state index in [1.807, 2.05) is 12.1 Å². The zero-order valence-electron chi connectivity index (χ0n) is 11.3. The molecule has 1 aliphatic rings. The fraction of sp³-hybridized carbons (Fsp3) is 0.538. The maximum Gasteiger partial charge on any atom is 0.277 e. The van der Waals surface area contributed by atoms with E-state index in [4.69, 9.17) is 0 Å². The molecule has 1 aromatic rings. The van der Waals surface area contributed by atoms with Crippen molar-refractivity contribution in [3.63, 3.8) is 0 Å². The van der Waals surface area contributed by atoms with Gasteiger partial charge in [0.1, 0.15) is 0 Å². The molecule has 0 fully saturated rings. The third-order valence-corrected chi connectivity index (χ3v) is 4.48. The predicted molar refractivity (Wildman–Crippen MR) is 77.5 cm³/mol. The number of para-hydroxylation sites is 1. The summed E-state index contributed by atoms with van der Waals surface area (Å²) in [5, 5.41) is 3.34. The molecule has 1 aromatic carbocycles. The zero-order chi connectivity index (χ0) is 13.9. The first kappa shape index (κ1) is 14.3.